The minimum absolute atomic E-state index is 0.700. The average Bonchev–Trinajstić information content (AvgIpc) is 2.07. The summed E-state index contributed by atoms with van der Waals surface area (Å²) in [6.45, 7) is 2.27. The lowest BCUT2D eigenvalue weighted by atomic mass is 9.78. The van der Waals surface area contributed by atoms with Gasteiger partial charge in [-0.25, -0.2) is 5.01 Å². The molecule has 2 nitrogen and oxygen atoms in total. The van der Waals surface area contributed by atoms with E-state index in [0.29, 0.717) is 6.04 Å². The molecule has 1 heterocycles. The van der Waals surface area contributed by atoms with E-state index < -0.39 is 0 Å². The smallest absolute Gasteiger partial charge is 0.0283 e. The lowest BCUT2D eigenvalue weighted by Crippen LogP contribution is -2.40. The van der Waals surface area contributed by atoms with E-state index in [1.807, 2.05) is 0 Å². The van der Waals surface area contributed by atoms with Crippen LogP contribution in [0.4, 0.5) is 0 Å². The van der Waals surface area contributed by atoms with Crippen LogP contribution in [0.5, 0.6) is 0 Å². The maximum absolute atomic E-state index is 3.45. The molecule has 1 aliphatic heterocycles. The molecule has 0 amide bonds. The summed E-state index contributed by atoms with van der Waals surface area (Å²) in [4.78, 5) is 0. The third-order valence-electron chi connectivity index (χ3n) is 3.21. The van der Waals surface area contributed by atoms with Crippen molar-refractivity contribution < 1.29 is 0 Å². The lowest BCUT2D eigenvalue weighted by Gasteiger charge is -2.34. The van der Waals surface area contributed by atoms with Crippen LogP contribution in [0.2, 0.25) is 0 Å². The van der Waals surface area contributed by atoms with Gasteiger partial charge in [0.1, 0.15) is 0 Å². The lowest BCUT2D eigenvalue weighted by molar-refractivity contribution is 0.123. The minimum Gasteiger partial charge on any atom is -0.252 e. The van der Waals surface area contributed by atoms with Crippen LogP contribution in [-0.2, 0) is 0 Å². The number of hydrazine groups is 1. The Bertz CT molecular complexity index is 140. The SMILES string of the molecule is CC1CC(C2CCC2)N(C)N1. The summed E-state index contributed by atoms with van der Waals surface area (Å²) in [5.74, 6) is 0.998. The Morgan fingerprint density at radius 2 is 2.09 bits per heavy atom. The van der Waals surface area contributed by atoms with Crippen molar-refractivity contribution in [2.45, 2.75) is 44.7 Å². The highest BCUT2D eigenvalue weighted by atomic mass is 15.5. The summed E-state index contributed by atoms with van der Waals surface area (Å²) in [6.07, 6.45) is 5.73. The molecule has 64 valence electrons. The first-order valence-electron chi connectivity index (χ1n) is 4.76. The highest BCUT2D eigenvalue weighted by molar-refractivity contribution is 4.89. The molecular weight excluding hydrogens is 136 g/mol. The van der Waals surface area contributed by atoms with E-state index in [9.17, 15) is 0 Å². The molecule has 1 N–H and O–H groups in total. The van der Waals surface area contributed by atoms with Crippen molar-refractivity contribution in [1.82, 2.24) is 10.4 Å². The maximum Gasteiger partial charge on any atom is 0.0283 e. The van der Waals surface area contributed by atoms with Crippen molar-refractivity contribution in [2.75, 3.05) is 7.05 Å². The van der Waals surface area contributed by atoms with Gasteiger partial charge in [-0.2, -0.15) is 0 Å². The predicted octanol–water partition coefficient (Wildman–Crippen LogP) is 1.38. The zero-order valence-corrected chi connectivity index (χ0v) is 7.51. The molecule has 2 unspecified atom stereocenters. The minimum atomic E-state index is 0.700. The normalized spacial score (nSPS) is 40.9. The Hall–Kier alpha value is -0.0800. The average molecular weight is 154 g/mol. The van der Waals surface area contributed by atoms with Crippen LogP contribution in [0, 0.1) is 5.92 Å². The molecule has 0 aromatic heterocycles. The van der Waals surface area contributed by atoms with Gasteiger partial charge in [-0.1, -0.05) is 6.42 Å². The van der Waals surface area contributed by atoms with Crippen molar-refractivity contribution in [1.29, 1.82) is 0 Å². The fraction of sp³-hybridized carbons (Fsp3) is 1.00. The highest BCUT2D eigenvalue weighted by Gasteiger charge is 2.35. The predicted molar refractivity (Wildman–Crippen MR) is 46.1 cm³/mol. The van der Waals surface area contributed by atoms with Crippen molar-refractivity contribution in [3.05, 3.63) is 0 Å². The molecule has 0 aromatic rings. The van der Waals surface area contributed by atoms with Crippen molar-refractivity contribution >= 4 is 0 Å². The van der Waals surface area contributed by atoms with E-state index in [1.54, 1.807) is 0 Å². The standard InChI is InChI=1S/C9H18N2/c1-7-6-9(11(2)10-7)8-4-3-5-8/h7-10H,3-6H2,1-2H3. The molecule has 11 heavy (non-hydrogen) atoms. The van der Waals surface area contributed by atoms with E-state index in [-0.39, 0.29) is 0 Å². The maximum atomic E-state index is 3.45. The zero-order chi connectivity index (χ0) is 7.84. The van der Waals surface area contributed by atoms with Crippen molar-refractivity contribution in [3.8, 4) is 0 Å². The molecule has 2 rings (SSSR count). The number of nitrogens with one attached hydrogen (secondary N) is 1. The van der Waals surface area contributed by atoms with Gasteiger partial charge < -0.3 is 0 Å². The third kappa shape index (κ3) is 1.30. The van der Waals surface area contributed by atoms with Crippen molar-refractivity contribution in [3.63, 3.8) is 0 Å². The fourth-order valence-electron chi connectivity index (χ4n) is 2.35. The van der Waals surface area contributed by atoms with Gasteiger partial charge in [-0.15, -0.1) is 0 Å². The number of nitrogens with zero attached hydrogens (tertiary/aromatic N) is 1. The fourth-order valence-corrected chi connectivity index (χ4v) is 2.35. The molecule has 2 aliphatic rings. The molecule has 1 aliphatic carbocycles. The number of rotatable bonds is 1. The number of hydrogen-bond donors (Lipinski definition) is 1. The van der Waals surface area contributed by atoms with Crippen molar-refractivity contribution in [2.24, 2.45) is 5.92 Å². The largest absolute Gasteiger partial charge is 0.252 e. The van der Waals surface area contributed by atoms with E-state index in [1.165, 1.54) is 25.7 Å². The summed E-state index contributed by atoms with van der Waals surface area (Å²) < 4.78 is 0. The second-order valence-electron chi connectivity index (χ2n) is 4.14. The van der Waals surface area contributed by atoms with Crippen LogP contribution < -0.4 is 5.43 Å². The Kier molecular flexibility index (Phi) is 1.90. The third-order valence-corrected chi connectivity index (χ3v) is 3.21. The van der Waals surface area contributed by atoms with E-state index in [2.05, 4.69) is 24.4 Å². The summed E-state index contributed by atoms with van der Waals surface area (Å²) in [6, 6.07) is 1.53. The van der Waals surface area contributed by atoms with Crippen LogP contribution >= 0.6 is 0 Å². The van der Waals surface area contributed by atoms with Crippen LogP contribution in [0.3, 0.4) is 0 Å². The molecule has 0 spiro atoms. The molecule has 0 aromatic carbocycles. The first-order valence-corrected chi connectivity index (χ1v) is 4.76. The van der Waals surface area contributed by atoms with Gasteiger partial charge in [-0.3, -0.25) is 5.43 Å². The first kappa shape index (κ1) is 7.56. The molecule has 2 heteroatoms. The monoisotopic (exact) mass is 154 g/mol. The van der Waals surface area contributed by atoms with Gasteiger partial charge in [-0.05, 0) is 32.1 Å². The zero-order valence-electron chi connectivity index (χ0n) is 7.51. The number of hydrogen-bond acceptors (Lipinski definition) is 2. The summed E-state index contributed by atoms with van der Waals surface area (Å²) in [5, 5.41) is 2.33. The quantitative estimate of drug-likeness (QED) is 0.614. The molecule has 1 saturated carbocycles. The Labute approximate surface area is 68.9 Å². The summed E-state index contributed by atoms with van der Waals surface area (Å²) in [7, 11) is 2.19. The Morgan fingerprint density at radius 3 is 2.45 bits per heavy atom. The van der Waals surface area contributed by atoms with Crippen LogP contribution in [0.15, 0.2) is 0 Å². The second kappa shape index (κ2) is 2.76. The van der Waals surface area contributed by atoms with Gasteiger partial charge in [0.15, 0.2) is 0 Å². The molecule has 1 saturated heterocycles. The molecule has 0 radical (unpaired) electrons. The summed E-state index contributed by atoms with van der Waals surface area (Å²) in [5.41, 5.74) is 3.45. The second-order valence-corrected chi connectivity index (χ2v) is 4.14. The Balaban J connectivity index is 1.92. The van der Waals surface area contributed by atoms with E-state index >= 15 is 0 Å². The molecule has 2 atom stereocenters. The van der Waals surface area contributed by atoms with Gasteiger partial charge >= 0.3 is 0 Å². The highest BCUT2D eigenvalue weighted by Crippen LogP contribution is 2.35. The molecular formula is C9H18N2. The summed E-state index contributed by atoms with van der Waals surface area (Å²) >= 11 is 0. The first-order chi connectivity index (χ1) is 5.27. The van der Waals surface area contributed by atoms with Crippen LogP contribution in [0.1, 0.15) is 32.6 Å². The topological polar surface area (TPSA) is 15.3 Å². The van der Waals surface area contributed by atoms with E-state index in [0.717, 1.165) is 12.0 Å². The molecule has 2 fully saturated rings. The van der Waals surface area contributed by atoms with Gasteiger partial charge in [0.25, 0.3) is 0 Å². The van der Waals surface area contributed by atoms with Crippen LogP contribution in [0.25, 0.3) is 0 Å². The van der Waals surface area contributed by atoms with Gasteiger partial charge in [0, 0.05) is 19.1 Å². The van der Waals surface area contributed by atoms with Crippen LogP contribution in [-0.4, -0.2) is 24.1 Å². The van der Waals surface area contributed by atoms with Gasteiger partial charge in [0.2, 0.25) is 0 Å². The van der Waals surface area contributed by atoms with Gasteiger partial charge in [0.05, 0.1) is 0 Å². The molecule has 0 bridgehead atoms. The Morgan fingerprint density at radius 1 is 1.36 bits per heavy atom. The van der Waals surface area contributed by atoms with E-state index in [4.69, 9.17) is 0 Å².